The number of nitrogens with zero attached hydrogens (tertiary/aromatic N) is 1. The molecule has 2 nitrogen and oxygen atoms in total. The molecule has 0 amide bonds. The normalized spacial score (nSPS) is 24.1. The Balaban J connectivity index is 2.03. The third kappa shape index (κ3) is 1.82. The number of nitrogens with one attached hydrogen (secondary N) is 1. The van der Waals surface area contributed by atoms with Gasteiger partial charge in [0.25, 0.3) is 0 Å². The molecule has 2 heteroatoms. The fraction of sp³-hybridized carbons (Fsp3) is 0.545. The minimum atomic E-state index is 0.464. The molecular weight excluding hydrogens is 160 g/mol. The molecule has 1 heterocycles. The fourth-order valence-electron chi connectivity index (χ4n) is 1.51. The minimum absolute atomic E-state index is 0.464. The Morgan fingerprint density at radius 2 is 2.23 bits per heavy atom. The summed E-state index contributed by atoms with van der Waals surface area (Å²) in [5.74, 6) is 1.01. The van der Waals surface area contributed by atoms with Crippen LogP contribution < -0.4 is 5.32 Å². The van der Waals surface area contributed by atoms with E-state index >= 15 is 0 Å². The first kappa shape index (κ1) is 8.54. The summed E-state index contributed by atoms with van der Waals surface area (Å²) < 4.78 is 0. The lowest BCUT2D eigenvalue weighted by atomic mass is 10.2. The van der Waals surface area contributed by atoms with Gasteiger partial charge < -0.3 is 5.32 Å². The third-order valence-electron chi connectivity index (χ3n) is 2.75. The van der Waals surface area contributed by atoms with Crippen molar-refractivity contribution in [3.8, 4) is 0 Å². The van der Waals surface area contributed by atoms with Crippen molar-refractivity contribution in [3.63, 3.8) is 0 Å². The molecule has 1 atom stereocenters. The van der Waals surface area contributed by atoms with E-state index in [0.717, 1.165) is 5.82 Å². The van der Waals surface area contributed by atoms with E-state index in [1.54, 1.807) is 0 Å². The van der Waals surface area contributed by atoms with Crippen LogP contribution in [-0.4, -0.2) is 11.0 Å². The monoisotopic (exact) mass is 176 g/mol. The van der Waals surface area contributed by atoms with Gasteiger partial charge in [0.15, 0.2) is 0 Å². The molecular formula is C11H16N2. The van der Waals surface area contributed by atoms with Gasteiger partial charge in [0.05, 0.1) is 0 Å². The molecule has 1 fully saturated rings. The zero-order valence-corrected chi connectivity index (χ0v) is 8.46. The second-order valence-electron chi connectivity index (χ2n) is 4.61. The predicted molar refractivity (Wildman–Crippen MR) is 54.8 cm³/mol. The Labute approximate surface area is 79.4 Å². The highest BCUT2D eigenvalue weighted by Crippen LogP contribution is 2.46. The Kier molecular flexibility index (Phi) is 1.79. The summed E-state index contributed by atoms with van der Waals surface area (Å²) in [7, 11) is 0. The van der Waals surface area contributed by atoms with Gasteiger partial charge in [-0.05, 0) is 36.5 Å². The highest BCUT2D eigenvalue weighted by atomic mass is 15.1. The van der Waals surface area contributed by atoms with Crippen molar-refractivity contribution < 1.29 is 0 Å². The van der Waals surface area contributed by atoms with E-state index in [2.05, 4.69) is 37.1 Å². The minimum Gasteiger partial charge on any atom is -0.367 e. The lowest BCUT2D eigenvalue weighted by Gasteiger charge is -2.07. The third-order valence-corrected chi connectivity index (χ3v) is 2.75. The maximum Gasteiger partial charge on any atom is 0.126 e. The van der Waals surface area contributed by atoms with Crippen molar-refractivity contribution in [1.82, 2.24) is 4.98 Å². The molecule has 0 spiro atoms. The number of pyridine rings is 1. The van der Waals surface area contributed by atoms with Crippen LogP contribution in [-0.2, 0) is 0 Å². The predicted octanol–water partition coefficient (Wildman–Crippen LogP) is 2.60. The van der Waals surface area contributed by atoms with Gasteiger partial charge in [0.2, 0.25) is 0 Å². The van der Waals surface area contributed by atoms with Crippen molar-refractivity contribution in [1.29, 1.82) is 0 Å². The van der Waals surface area contributed by atoms with E-state index in [4.69, 9.17) is 0 Å². The smallest absolute Gasteiger partial charge is 0.126 e. The van der Waals surface area contributed by atoms with E-state index in [0.29, 0.717) is 11.5 Å². The van der Waals surface area contributed by atoms with Crippen LogP contribution in [0.1, 0.15) is 25.8 Å². The maximum atomic E-state index is 4.27. The van der Waals surface area contributed by atoms with E-state index < -0.39 is 0 Å². The lowest BCUT2D eigenvalue weighted by Crippen LogP contribution is -2.09. The van der Waals surface area contributed by atoms with Crippen LogP contribution in [0.5, 0.6) is 0 Å². The molecule has 1 aromatic rings. The Morgan fingerprint density at radius 3 is 2.77 bits per heavy atom. The first-order chi connectivity index (χ1) is 6.08. The van der Waals surface area contributed by atoms with Crippen molar-refractivity contribution in [2.24, 2.45) is 5.41 Å². The first-order valence-electron chi connectivity index (χ1n) is 4.77. The van der Waals surface area contributed by atoms with Crippen molar-refractivity contribution in [2.45, 2.75) is 33.2 Å². The molecule has 2 rings (SSSR count). The van der Waals surface area contributed by atoms with Crippen LogP contribution in [0.15, 0.2) is 18.3 Å². The van der Waals surface area contributed by atoms with Gasteiger partial charge in [-0.1, -0.05) is 13.8 Å². The van der Waals surface area contributed by atoms with E-state index in [-0.39, 0.29) is 0 Å². The van der Waals surface area contributed by atoms with Crippen molar-refractivity contribution >= 4 is 5.82 Å². The summed E-state index contributed by atoms with van der Waals surface area (Å²) in [5.41, 5.74) is 1.72. The molecule has 0 saturated heterocycles. The standard InChI is InChI=1S/C11H16N2/c1-8-4-5-12-10(6-8)13-9-7-11(9,2)3/h4-6,9H,7H2,1-3H3,(H,12,13). The van der Waals surface area contributed by atoms with E-state index in [1.807, 2.05) is 12.3 Å². The molecule has 1 saturated carbocycles. The highest BCUT2D eigenvalue weighted by Gasteiger charge is 2.45. The molecule has 0 radical (unpaired) electrons. The average molecular weight is 176 g/mol. The van der Waals surface area contributed by atoms with Gasteiger partial charge in [-0.15, -0.1) is 0 Å². The number of rotatable bonds is 2. The van der Waals surface area contributed by atoms with Gasteiger partial charge in [0.1, 0.15) is 5.82 Å². The van der Waals surface area contributed by atoms with Gasteiger partial charge in [-0.3, -0.25) is 0 Å². The summed E-state index contributed by atoms with van der Waals surface area (Å²) in [6, 6.07) is 4.72. The zero-order valence-electron chi connectivity index (χ0n) is 8.46. The molecule has 1 aromatic heterocycles. The Bertz CT molecular complexity index is 318. The van der Waals surface area contributed by atoms with E-state index in [1.165, 1.54) is 12.0 Å². The Morgan fingerprint density at radius 1 is 1.54 bits per heavy atom. The van der Waals surface area contributed by atoms with E-state index in [9.17, 15) is 0 Å². The summed E-state index contributed by atoms with van der Waals surface area (Å²) in [6.45, 7) is 6.64. The van der Waals surface area contributed by atoms with Crippen LogP contribution >= 0.6 is 0 Å². The van der Waals surface area contributed by atoms with Crippen molar-refractivity contribution in [3.05, 3.63) is 23.9 Å². The average Bonchev–Trinajstić information content (AvgIpc) is 2.58. The zero-order chi connectivity index (χ0) is 9.47. The second-order valence-corrected chi connectivity index (χ2v) is 4.61. The number of aromatic nitrogens is 1. The highest BCUT2D eigenvalue weighted by molar-refractivity contribution is 5.40. The first-order valence-corrected chi connectivity index (χ1v) is 4.77. The van der Waals surface area contributed by atoms with Gasteiger partial charge >= 0.3 is 0 Å². The molecule has 1 N–H and O–H groups in total. The van der Waals surface area contributed by atoms with Crippen LogP contribution in [0.25, 0.3) is 0 Å². The van der Waals surface area contributed by atoms with Gasteiger partial charge in [-0.25, -0.2) is 4.98 Å². The number of anilines is 1. The van der Waals surface area contributed by atoms with Gasteiger partial charge in [0, 0.05) is 12.2 Å². The molecule has 0 bridgehead atoms. The molecule has 13 heavy (non-hydrogen) atoms. The number of aryl methyl sites for hydroxylation is 1. The SMILES string of the molecule is Cc1ccnc(NC2CC2(C)C)c1. The van der Waals surface area contributed by atoms with Crippen LogP contribution in [0.3, 0.4) is 0 Å². The lowest BCUT2D eigenvalue weighted by molar-refractivity contribution is 0.630. The fourth-order valence-corrected chi connectivity index (χ4v) is 1.51. The van der Waals surface area contributed by atoms with Crippen molar-refractivity contribution in [2.75, 3.05) is 5.32 Å². The summed E-state index contributed by atoms with van der Waals surface area (Å²) >= 11 is 0. The largest absolute Gasteiger partial charge is 0.367 e. The van der Waals surface area contributed by atoms with Crippen LogP contribution in [0.2, 0.25) is 0 Å². The second kappa shape index (κ2) is 2.72. The summed E-state index contributed by atoms with van der Waals surface area (Å²) in [6.07, 6.45) is 3.11. The summed E-state index contributed by atoms with van der Waals surface area (Å²) in [4.78, 5) is 4.27. The maximum absolute atomic E-state index is 4.27. The number of hydrogen-bond acceptors (Lipinski definition) is 2. The molecule has 1 aliphatic carbocycles. The quantitative estimate of drug-likeness (QED) is 0.749. The molecule has 1 aliphatic rings. The topological polar surface area (TPSA) is 24.9 Å². The summed E-state index contributed by atoms with van der Waals surface area (Å²) in [5, 5.41) is 3.44. The van der Waals surface area contributed by atoms with Crippen LogP contribution in [0.4, 0.5) is 5.82 Å². The molecule has 0 aromatic carbocycles. The Hall–Kier alpha value is -1.05. The van der Waals surface area contributed by atoms with Crippen LogP contribution in [0, 0.1) is 12.3 Å². The molecule has 70 valence electrons. The van der Waals surface area contributed by atoms with Gasteiger partial charge in [-0.2, -0.15) is 0 Å². The number of hydrogen-bond donors (Lipinski definition) is 1. The molecule has 0 aliphatic heterocycles. The molecule has 1 unspecified atom stereocenters.